The largest absolute Gasteiger partial charge is 0.493 e. The van der Waals surface area contributed by atoms with Crippen molar-refractivity contribution >= 4 is 11.6 Å². The number of unbranched alkanes of at least 4 members (excludes halogenated alkanes) is 3. The third-order valence-corrected chi connectivity index (χ3v) is 3.21. The third kappa shape index (κ3) is 5.28. The molecule has 0 aromatic heterocycles. The van der Waals surface area contributed by atoms with Crippen LogP contribution >= 0.6 is 11.6 Å². The van der Waals surface area contributed by atoms with Gasteiger partial charge >= 0.3 is 0 Å². The Morgan fingerprint density at radius 1 is 1.28 bits per heavy atom. The fourth-order valence-corrected chi connectivity index (χ4v) is 2.15. The Hall–Kier alpha value is -0.730. The van der Waals surface area contributed by atoms with Crippen LogP contribution < -0.4 is 10.5 Å². The smallest absolute Gasteiger partial charge is 0.124 e. The minimum atomic E-state index is 0.0901. The Balaban J connectivity index is 2.55. The van der Waals surface area contributed by atoms with Gasteiger partial charge in [-0.25, -0.2) is 0 Å². The van der Waals surface area contributed by atoms with E-state index in [9.17, 15) is 0 Å². The van der Waals surface area contributed by atoms with Crippen molar-refractivity contribution in [3.05, 3.63) is 28.8 Å². The maximum Gasteiger partial charge on any atom is 0.124 e. The average molecular weight is 270 g/mol. The summed E-state index contributed by atoms with van der Waals surface area (Å²) in [5.41, 5.74) is 6.87. The van der Waals surface area contributed by atoms with Crippen molar-refractivity contribution in [3.8, 4) is 5.75 Å². The lowest BCUT2D eigenvalue weighted by molar-refractivity contribution is 0.301. The molecule has 0 amide bonds. The van der Waals surface area contributed by atoms with E-state index in [-0.39, 0.29) is 6.04 Å². The van der Waals surface area contributed by atoms with Crippen LogP contribution in [0.1, 0.15) is 45.1 Å². The molecule has 0 fully saturated rings. The monoisotopic (exact) mass is 269 g/mol. The fourth-order valence-electron chi connectivity index (χ4n) is 1.91. The number of rotatable bonds is 8. The van der Waals surface area contributed by atoms with Crippen LogP contribution in [0.3, 0.4) is 0 Å². The highest BCUT2D eigenvalue weighted by Crippen LogP contribution is 2.27. The van der Waals surface area contributed by atoms with Crippen LogP contribution in [-0.4, -0.2) is 12.6 Å². The van der Waals surface area contributed by atoms with Crippen molar-refractivity contribution in [2.75, 3.05) is 6.61 Å². The molecule has 1 rings (SSSR count). The molecule has 1 aromatic rings. The molecule has 1 atom stereocenters. The van der Waals surface area contributed by atoms with Gasteiger partial charge in [0.05, 0.1) is 6.61 Å². The van der Waals surface area contributed by atoms with E-state index < -0.39 is 0 Å². The van der Waals surface area contributed by atoms with Crippen LogP contribution in [0.15, 0.2) is 18.2 Å². The lowest BCUT2D eigenvalue weighted by Crippen LogP contribution is -2.18. The van der Waals surface area contributed by atoms with Gasteiger partial charge in [0.2, 0.25) is 0 Å². The normalized spacial score (nSPS) is 12.4. The Bertz CT molecular complexity index is 352. The van der Waals surface area contributed by atoms with E-state index in [1.54, 1.807) is 0 Å². The summed E-state index contributed by atoms with van der Waals surface area (Å²) in [6, 6.07) is 5.88. The first-order valence-corrected chi connectivity index (χ1v) is 7.18. The predicted octanol–water partition coefficient (Wildman–Crippen LogP) is 4.19. The highest BCUT2D eigenvalue weighted by molar-refractivity contribution is 6.31. The quantitative estimate of drug-likeness (QED) is 0.718. The van der Waals surface area contributed by atoms with Gasteiger partial charge in [0.25, 0.3) is 0 Å². The zero-order valence-electron chi connectivity index (χ0n) is 11.4. The second-order valence-corrected chi connectivity index (χ2v) is 5.21. The van der Waals surface area contributed by atoms with Gasteiger partial charge in [-0.1, -0.05) is 43.9 Å². The number of hydrogen-bond acceptors (Lipinski definition) is 2. The highest BCUT2D eigenvalue weighted by Gasteiger charge is 2.10. The molecule has 0 spiro atoms. The van der Waals surface area contributed by atoms with E-state index in [1.165, 1.54) is 19.3 Å². The standard InChI is InChI=1S/C15H24ClNO/c1-3-4-5-6-10-18-15-9-7-8-14(16)13(15)11-12(2)17/h7-9,12H,3-6,10-11,17H2,1-2H3. The minimum absolute atomic E-state index is 0.0901. The van der Waals surface area contributed by atoms with Gasteiger partial charge in [-0.2, -0.15) is 0 Å². The van der Waals surface area contributed by atoms with Crippen molar-refractivity contribution in [1.82, 2.24) is 0 Å². The van der Waals surface area contributed by atoms with Crippen molar-refractivity contribution in [3.63, 3.8) is 0 Å². The average Bonchev–Trinajstić information content (AvgIpc) is 2.32. The summed E-state index contributed by atoms with van der Waals surface area (Å²) in [5.74, 6) is 0.885. The van der Waals surface area contributed by atoms with E-state index >= 15 is 0 Å². The van der Waals surface area contributed by atoms with Crippen LogP contribution in [0.4, 0.5) is 0 Å². The molecule has 0 heterocycles. The Kier molecular flexibility index (Phi) is 7.14. The summed E-state index contributed by atoms with van der Waals surface area (Å²) < 4.78 is 5.83. The van der Waals surface area contributed by atoms with Gasteiger partial charge in [-0.05, 0) is 31.9 Å². The van der Waals surface area contributed by atoms with Gasteiger partial charge in [0.15, 0.2) is 0 Å². The summed E-state index contributed by atoms with van der Waals surface area (Å²) in [6.45, 7) is 4.94. The van der Waals surface area contributed by atoms with Crippen LogP contribution in [0, 0.1) is 0 Å². The maximum absolute atomic E-state index is 6.20. The first kappa shape index (κ1) is 15.3. The van der Waals surface area contributed by atoms with Crippen LogP contribution in [-0.2, 0) is 6.42 Å². The lowest BCUT2D eigenvalue weighted by Gasteiger charge is -2.14. The molecule has 0 aliphatic heterocycles. The topological polar surface area (TPSA) is 35.2 Å². The van der Waals surface area contributed by atoms with Crippen molar-refractivity contribution in [2.45, 2.75) is 52.0 Å². The van der Waals surface area contributed by atoms with Gasteiger partial charge in [0, 0.05) is 16.6 Å². The molecular formula is C15H24ClNO. The second kappa shape index (κ2) is 8.39. The van der Waals surface area contributed by atoms with E-state index in [2.05, 4.69) is 6.92 Å². The molecular weight excluding hydrogens is 246 g/mol. The Morgan fingerprint density at radius 3 is 2.72 bits per heavy atom. The van der Waals surface area contributed by atoms with Crippen molar-refractivity contribution < 1.29 is 4.74 Å². The molecule has 0 radical (unpaired) electrons. The summed E-state index contributed by atoms with van der Waals surface area (Å²) >= 11 is 6.20. The van der Waals surface area contributed by atoms with Crippen LogP contribution in [0.25, 0.3) is 0 Å². The highest BCUT2D eigenvalue weighted by atomic mass is 35.5. The fraction of sp³-hybridized carbons (Fsp3) is 0.600. The van der Waals surface area contributed by atoms with Gasteiger partial charge in [-0.15, -0.1) is 0 Å². The van der Waals surface area contributed by atoms with E-state index in [0.717, 1.165) is 35.8 Å². The summed E-state index contributed by atoms with van der Waals surface area (Å²) in [7, 11) is 0. The molecule has 0 saturated carbocycles. The van der Waals surface area contributed by atoms with Gasteiger partial charge in [0.1, 0.15) is 5.75 Å². The number of hydrogen-bond donors (Lipinski definition) is 1. The molecule has 2 N–H and O–H groups in total. The molecule has 18 heavy (non-hydrogen) atoms. The number of nitrogens with two attached hydrogens (primary N) is 1. The molecule has 1 aromatic carbocycles. The summed E-state index contributed by atoms with van der Waals surface area (Å²) in [6.07, 6.45) is 5.58. The molecule has 3 heteroatoms. The number of ether oxygens (including phenoxy) is 1. The van der Waals surface area contributed by atoms with Gasteiger partial charge in [-0.3, -0.25) is 0 Å². The van der Waals surface area contributed by atoms with E-state index in [0.29, 0.717) is 0 Å². The van der Waals surface area contributed by atoms with E-state index in [4.69, 9.17) is 22.1 Å². The zero-order chi connectivity index (χ0) is 13.4. The maximum atomic E-state index is 6.20. The molecule has 1 unspecified atom stereocenters. The Labute approximate surface area is 115 Å². The lowest BCUT2D eigenvalue weighted by atomic mass is 10.1. The second-order valence-electron chi connectivity index (χ2n) is 4.81. The number of benzene rings is 1. The molecule has 2 nitrogen and oxygen atoms in total. The predicted molar refractivity (Wildman–Crippen MR) is 78.4 cm³/mol. The summed E-state index contributed by atoms with van der Waals surface area (Å²) in [4.78, 5) is 0. The SMILES string of the molecule is CCCCCCOc1cccc(Cl)c1CC(C)N. The first-order valence-electron chi connectivity index (χ1n) is 6.81. The van der Waals surface area contributed by atoms with Crippen molar-refractivity contribution in [2.24, 2.45) is 5.73 Å². The molecule has 0 aliphatic rings. The molecule has 0 aliphatic carbocycles. The third-order valence-electron chi connectivity index (χ3n) is 2.86. The summed E-state index contributed by atoms with van der Waals surface area (Å²) in [5, 5.41) is 0.748. The van der Waals surface area contributed by atoms with Crippen LogP contribution in [0.5, 0.6) is 5.75 Å². The van der Waals surface area contributed by atoms with Crippen LogP contribution in [0.2, 0.25) is 5.02 Å². The minimum Gasteiger partial charge on any atom is -0.493 e. The number of halogens is 1. The first-order chi connectivity index (χ1) is 8.65. The Morgan fingerprint density at radius 2 is 2.06 bits per heavy atom. The molecule has 102 valence electrons. The zero-order valence-corrected chi connectivity index (χ0v) is 12.2. The molecule has 0 saturated heterocycles. The van der Waals surface area contributed by atoms with Gasteiger partial charge < -0.3 is 10.5 Å². The molecule has 0 bridgehead atoms. The van der Waals surface area contributed by atoms with Crippen molar-refractivity contribution in [1.29, 1.82) is 0 Å². The van der Waals surface area contributed by atoms with E-state index in [1.807, 2.05) is 25.1 Å².